The molecular weight excluding hydrogens is 264 g/mol. The summed E-state index contributed by atoms with van der Waals surface area (Å²) in [6.07, 6.45) is 0. The number of benzene rings is 1. The van der Waals surface area contributed by atoms with Gasteiger partial charge in [-0.3, -0.25) is 0 Å². The van der Waals surface area contributed by atoms with Gasteiger partial charge in [-0.15, -0.1) is 0 Å². The first-order valence-corrected chi connectivity index (χ1v) is 4.91. The number of carbonyl (C=O) groups excluding carboxylic acids is 1. The minimum atomic E-state index is -0.445. The highest BCUT2D eigenvalue weighted by Gasteiger charge is 2.10. The van der Waals surface area contributed by atoms with E-state index in [9.17, 15) is 9.59 Å². The maximum atomic E-state index is 11.3. The van der Waals surface area contributed by atoms with Crippen LogP contribution in [-0.2, 0) is 4.74 Å². The van der Waals surface area contributed by atoms with Crippen LogP contribution in [0.4, 0.5) is 0 Å². The van der Waals surface area contributed by atoms with Crippen LogP contribution >= 0.6 is 15.9 Å². The van der Waals surface area contributed by atoms with E-state index in [0.29, 0.717) is 21.1 Å². The fraction of sp³-hybridized carbons (Fsp3) is 0.111. The normalized spacial score (nSPS) is 10.5. The van der Waals surface area contributed by atoms with Crippen LogP contribution in [0.3, 0.4) is 0 Å². The van der Waals surface area contributed by atoms with Crippen molar-refractivity contribution >= 4 is 32.9 Å². The van der Waals surface area contributed by atoms with E-state index in [2.05, 4.69) is 30.6 Å². The maximum absolute atomic E-state index is 11.3. The molecule has 0 aliphatic carbocycles. The Morgan fingerprint density at radius 1 is 1.40 bits per heavy atom. The molecule has 0 unspecified atom stereocenters. The average Bonchev–Trinajstić information content (AvgIpc) is 2.58. The van der Waals surface area contributed by atoms with Crippen molar-refractivity contribution in [1.82, 2.24) is 9.97 Å². The van der Waals surface area contributed by atoms with Crippen LogP contribution in [0.1, 0.15) is 10.4 Å². The van der Waals surface area contributed by atoms with Gasteiger partial charge in [-0.2, -0.15) is 0 Å². The van der Waals surface area contributed by atoms with Gasteiger partial charge in [0.1, 0.15) is 0 Å². The molecule has 2 N–H and O–H groups in total. The lowest BCUT2D eigenvalue weighted by Gasteiger charge is -2.00. The number of esters is 1. The van der Waals surface area contributed by atoms with Crippen LogP contribution in [0.25, 0.3) is 11.0 Å². The smallest absolute Gasteiger partial charge is 0.337 e. The standard InChI is InChI=1S/C9H7BrN2O3/c1-15-8(13)4-2-5(10)7-6(3-4)11-9(14)12-7/h2-3H,1H3,(H2,11,12,14). The van der Waals surface area contributed by atoms with Crippen LogP contribution in [0.2, 0.25) is 0 Å². The van der Waals surface area contributed by atoms with Crippen molar-refractivity contribution in [1.29, 1.82) is 0 Å². The van der Waals surface area contributed by atoms with E-state index < -0.39 is 5.97 Å². The molecule has 0 spiro atoms. The van der Waals surface area contributed by atoms with Gasteiger partial charge in [0.2, 0.25) is 0 Å². The third kappa shape index (κ3) is 1.68. The molecule has 15 heavy (non-hydrogen) atoms. The van der Waals surface area contributed by atoms with Crippen molar-refractivity contribution in [2.24, 2.45) is 0 Å². The third-order valence-corrected chi connectivity index (χ3v) is 2.62. The van der Waals surface area contributed by atoms with Gasteiger partial charge in [-0.1, -0.05) is 0 Å². The molecule has 6 heteroatoms. The number of ether oxygens (including phenoxy) is 1. The number of aromatic amines is 2. The summed E-state index contributed by atoms with van der Waals surface area (Å²) in [5.74, 6) is -0.445. The summed E-state index contributed by atoms with van der Waals surface area (Å²) < 4.78 is 5.22. The molecular formula is C9H7BrN2O3. The molecule has 2 aromatic rings. The van der Waals surface area contributed by atoms with Crippen molar-refractivity contribution < 1.29 is 9.53 Å². The van der Waals surface area contributed by atoms with E-state index in [1.165, 1.54) is 7.11 Å². The van der Waals surface area contributed by atoms with Gasteiger partial charge in [0.15, 0.2) is 0 Å². The molecule has 5 nitrogen and oxygen atoms in total. The fourth-order valence-electron chi connectivity index (χ4n) is 1.34. The van der Waals surface area contributed by atoms with Crippen molar-refractivity contribution in [2.75, 3.05) is 7.11 Å². The fourth-order valence-corrected chi connectivity index (χ4v) is 1.89. The molecule has 0 fully saturated rings. The zero-order valence-corrected chi connectivity index (χ0v) is 9.34. The SMILES string of the molecule is COC(=O)c1cc(Br)c2[nH]c(=O)[nH]c2c1. The summed E-state index contributed by atoms with van der Waals surface area (Å²) in [6.45, 7) is 0. The number of hydrogen-bond acceptors (Lipinski definition) is 3. The first-order chi connectivity index (χ1) is 7.11. The Balaban J connectivity index is 2.71. The van der Waals surface area contributed by atoms with Crippen LogP contribution in [0.5, 0.6) is 0 Å². The first-order valence-electron chi connectivity index (χ1n) is 4.11. The molecule has 78 valence electrons. The number of halogens is 1. The molecule has 0 amide bonds. The molecule has 0 radical (unpaired) electrons. The summed E-state index contributed by atoms with van der Waals surface area (Å²) in [4.78, 5) is 27.5. The Kier molecular flexibility index (Phi) is 2.36. The lowest BCUT2D eigenvalue weighted by atomic mass is 10.2. The zero-order chi connectivity index (χ0) is 11.0. The van der Waals surface area contributed by atoms with E-state index in [1.807, 2.05) is 0 Å². The number of fused-ring (bicyclic) bond motifs is 1. The van der Waals surface area contributed by atoms with Crippen LogP contribution < -0.4 is 5.69 Å². The molecule has 0 aliphatic rings. The second-order valence-electron chi connectivity index (χ2n) is 2.95. The van der Waals surface area contributed by atoms with E-state index in [-0.39, 0.29) is 5.69 Å². The second kappa shape index (κ2) is 3.54. The minimum absolute atomic E-state index is 0.312. The Bertz CT molecular complexity index is 585. The summed E-state index contributed by atoms with van der Waals surface area (Å²) in [7, 11) is 1.31. The summed E-state index contributed by atoms with van der Waals surface area (Å²) in [6, 6.07) is 3.15. The predicted molar refractivity (Wildman–Crippen MR) is 58.0 cm³/mol. The molecule has 2 rings (SSSR count). The van der Waals surface area contributed by atoms with Gasteiger partial charge in [0.05, 0.1) is 23.7 Å². The van der Waals surface area contributed by atoms with E-state index >= 15 is 0 Å². The number of imidazole rings is 1. The van der Waals surface area contributed by atoms with Crippen LogP contribution in [0.15, 0.2) is 21.4 Å². The number of nitrogens with one attached hydrogen (secondary N) is 2. The maximum Gasteiger partial charge on any atom is 0.337 e. The molecule has 1 heterocycles. The first kappa shape index (κ1) is 9.97. The highest BCUT2D eigenvalue weighted by molar-refractivity contribution is 9.10. The number of hydrogen-bond donors (Lipinski definition) is 2. The highest BCUT2D eigenvalue weighted by Crippen LogP contribution is 2.22. The van der Waals surface area contributed by atoms with E-state index in [1.54, 1.807) is 12.1 Å². The number of H-pyrrole nitrogens is 2. The molecule has 0 bridgehead atoms. The monoisotopic (exact) mass is 270 g/mol. The lowest BCUT2D eigenvalue weighted by molar-refractivity contribution is 0.0601. The van der Waals surface area contributed by atoms with Gasteiger partial charge >= 0.3 is 11.7 Å². The Morgan fingerprint density at radius 3 is 2.80 bits per heavy atom. The average molecular weight is 271 g/mol. The number of aromatic nitrogens is 2. The largest absolute Gasteiger partial charge is 0.465 e. The number of rotatable bonds is 1. The van der Waals surface area contributed by atoms with Crippen molar-refractivity contribution in [3.63, 3.8) is 0 Å². The molecule has 0 saturated heterocycles. The van der Waals surface area contributed by atoms with E-state index in [4.69, 9.17) is 0 Å². The number of carbonyl (C=O) groups is 1. The Morgan fingerprint density at radius 2 is 2.13 bits per heavy atom. The quantitative estimate of drug-likeness (QED) is 0.770. The zero-order valence-electron chi connectivity index (χ0n) is 7.76. The van der Waals surface area contributed by atoms with Crippen molar-refractivity contribution in [2.45, 2.75) is 0 Å². The van der Waals surface area contributed by atoms with Gasteiger partial charge in [-0.25, -0.2) is 9.59 Å². The summed E-state index contributed by atoms with van der Waals surface area (Å²) in [5, 5.41) is 0. The topological polar surface area (TPSA) is 75.0 Å². The summed E-state index contributed by atoms with van der Waals surface area (Å²) >= 11 is 3.26. The molecule has 0 saturated carbocycles. The third-order valence-electron chi connectivity index (χ3n) is 2.00. The Hall–Kier alpha value is -1.56. The lowest BCUT2D eigenvalue weighted by Crippen LogP contribution is -2.01. The van der Waals surface area contributed by atoms with Gasteiger partial charge in [0.25, 0.3) is 0 Å². The Labute approximate surface area is 92.6 Å². The van der Waals surface area contributed by atoms with Crippen molar-refractivity contribution in [3.8, 4) is 0 Å². The van der Waals surface area contributed by atoms with E-state index in [0.717, 1.165) is 0 Å². The van der Waals surface area contributed by atoms with Gasteiger partial charge in [-0.05, 0) is 28.1 Å². The molecule has 0 aliphatic heterocycles. The summed E-state index contributed by atoms with van der Waals surface area (Å²) in [5.41, 5.74) is 1.27. The van der Waals surface area contributed by atoms with Crippen molar-refractivity contribution in [3.05, 3.63) is 32.7 Å². The van der Waals surface area contributed by atoms with Crippen LogP contribution in [-0.4, -0.2) is 23.0 Å². The van der Waals surface area contributed by atoms with Crippen LogP contribution in [0, 0.1) is 0 Å². The molecule has 1 aromatic carbocycles. The van der Waals surface area contributed by atoms with Gasteiger partial charge < -0.3 is 14.7 Å². The minimum Gasteiger partial charge on any atom is -0.465 e. The second-order valence-corrected chi connectivity index (χ2v) is 3.81. The number of methoxy groups -OCH3 is 1. The molecule has 1 aromatic heterocycles. The van der Waals surface area contributed by atoms with Gasteiger partial charge in [0, 0.05) is 4.47 Å². The highest BCUT2D eigenvalue weighted by atomic mass is 79.9. The predicted octanol–water partition coefficient (Wildman–Crippen LogP) is 1.41. The molecule has 0 atom stereocenters.